The number of rotatable bonds is 4. The standard InChI is InChI=1S/C14H18ClNO2/c15-14(12-4-2-1-3-5-12)10-11-6-8-13(9-7-11)16(17)18/h6-9,12,14H,1-5,10H2. The molecule has 98 valence electrons. The Hall–Kier alpha value is -1.09. The Kier molecular flexibility index (Phi) is 4.59. The normalized spacial score (nSPS) is 18.5. The Morgan fingerprint density at radius 2 is 1.83 bits per heavy atom. The van der Waals surface area contributed by atoms with E-state index >= 15 is 0 Å². The molecular formula is C14H18ClNO2. The molecule has 2 rings (SSSR count). The second-order valence-electron chi connectivity index (χ2n) is 5.04. The molecule has 0 amide bonds. The molecule has 1 atom stereocenters. The van der Waals surface area contributed by atoms with Crippen molar-refractivity contribution >= 4 is 17.3 Å². The molecule has 0 heterocycles. The Bertz CT molecular complexity index is 399. The minimum Gasteiger partial charge on any atom is -0.258 e. The molecule has 0 bridgehead atoms. The van der Waals surface area contributed by atoms with E-state index in [0.717, 1.165) is 12.0 Å². The molecule has 0 spiro atoms. The zero-order valence-electron chi connectivity index (χ0n) is 10.3. The second kappa shape index (κ2) is 6.19. The highest BCUT2D eigenvalue weighted by Crippen LogP contribution is 2.31. The lowest BCUT2D eigenvalue weighted by Crippen LogP contribution is -2.20. The molecule has 0 aromatic heterocycles. The smallest absolute Gasteiger partial charge is 0.258 e. The monoisotopic (exact) mass is 267 g/mol. The van der Waals surface area contributed by atoms with E-state index in [9.17, 15) is 10.1 Å². The molecule has 1 fully saturated rings. The van der Waals surface area contributed by atoms with Crippen LogP contribution in [0.1, 0.15) is 37.7 Å². The Morgan fingerprint density at radius 3 is 2.39 bits per heavy atom. The first-order valence-corrected chi connectivity index (χ1v) is 6.98. The van der Waals surface area contributed by atoms with E-state index in [4.69, 9.17) is 11.6 Å². The molecule has 1 aliphatic carbocycles. The Labute approximate surface area is 112 Å². The minimum absolute atomic E-state index is 0.141. The van der Waals surface area contributed by atoms with E-state index in [1.165, 1.54) is 32.1 Å². The lowest BCUT2D eigenvalue weighted by Gasteiger charge is -2.26. The molecule has 0 saturated heterocycles. The molecule has 1 aromatic rings. The fourth-order valence-corrected chi connectivity index (χ4v) is 3.07. The van der Waals surface area contributed by atoms with Crippen LogP contribution in [0, 0.1) is 16.0 Å². The van der Waals surface area contributed by atoms with E-state index < -0.39 is 0 Å². The number of nitro groups is 1. The van der Waals surface area contributed by atoms with Crippen LogP contribution in [-0.4, -0.2) is 10.3 Å². The van der Waals surface area contributed by atoms with Gasteiger partial charge in [0.15, 0.2) is 0 Å². The molecule has 1 unspecified atom stereocenters. The first kappa shape index (κ1) is 13.3. The van der Waals surface area contributed by atoms with E-state index in [2.05, 4.69) is 0 Å². The van der Waals surface area contributed by atoms with Crippen molar-refractivity contribution in [2.24, 2.45) is 5.92 Å². The minimum atomic E-state index is -0.372. The highest BCUT2D eigenvalue weighted by atomic mass is 35.5. The van der Waals surface area contributed by atoms with Crippen LogP contribution in [-0.2, 0) is 6.42 Å². The van der Waals surface area contributed by atoms with Crippen molar-refractivity contribution in [3.05, 3.63) is 39.9 Å². The number of hydrogen-bond acceptors (Lipinski definition) is 2. The van der Waals surface area contributed by atoms with Crippen molar-refractivity contribution in [2.75, 3.05) is 0 Å². The summed E-state index contributed by atoms with van der Waals surface area (Å²) in [6.07, 6.45) is 7.16. The van der Waals surface area contributed by atoms with Gasteiger partial charge in [-0.05, 0) is 30.7 Å². The predicted molar refractivity (Wildman–Crippen MR) is 73.0 cm³/mol. The second-order valence-corrected chi connectivity index (χ2v) is 5.60. The lowest BCUT2D eigenvalue weighted by atomic mass is 9.85. The van der Waals surface area contributed by atoms with Gasteiger partial charge >= 0.3 is 0 Å². The molecule has 1 saturated carbocycles. The van der Waals surface area contributed by atoms with Crippen molar-refractivity contribution in [2.45, 2.75) is 43.9 Å². The molecule has 1 aromatic carbocycles. The van der Waals surface area contributed by atoms with Gasteiger partial charge in [-0.2, -0.15) is 0 Å². The number of halogens is 1. The van der Waals surface area contributed by atoms with E-state index in [-0.39, 0.29) is 16.0 Å². The topological polar surface area (TPSA) is 43.1 Å². The summed E-state index contributed by atoms with van der Waals surface area (Å²) in [6, 6.07) is 6.74. The Morgan fingerprint density at radius 1 is 1.22 bits per heavy atom. The third-order valence-corrected chi connectivity index (χ3v) is 4.25. The summed E-state index contributed by atoms with van der Waals surface area (Å²) in [7, 11) is 0. The quantitative estimate of drug-likeness (QED) is 0.463. The van der Waals surface area contributed by atoms with Crippen molar-refractivity contribution < 1.29 is 4.92 Å². The summed E-state index contributed by atoms with van der Waals surface area (Å²) in [6.45, 7) is 0. The summed E-state index contributed by atoms with van der Waals surface area (Å²) in [5.74, 6) is 0.607. The summed E-state index contributed by atoms with van der Waals surface area (Å²) in [5, 5.41) is 10.7. The van der Waals surface area contributed by atoms with Gasteiger partial charge < -0.3 is 0 Å². The van der Waals surface area contributed by atoms with Crippen molar-refractivity contribution in [1.82, 2.24) is 0 Å². The molecule has 18 heavy (non-hydrogen) atoms. The summed E-state index contributed by atoms with van der Waals surface area (Å²) >= 11 is 6.46. The summed E-state index contributed by atoms with van der Waals surface area (Å²) in [4.78, 5) is 10.2. The maximum Gasteiger partial charge on any atom is 0.269 e. The molecular weight excluding hydrogens is 250 g/mol. The zero-order chi connectivity index (χ0) is 13.0. The SMILES string of the molecule is O=[N+]([O-])c1ccc(CC(Cl)C2CCCCC2)cc1. The van der Waals surface area contributed by atoms with E-state index in [1.807, 2.05) is 12.1 Å². The van der Waals surface area contributed by atoms with Gasteiger partial charge in [0.25, 0.3) is 5.69 Å². The average molecular weight is 268 g/mol. The number of nitro benzene ring substituents is 1. The van der Waals surface area contributed by atoms with Gasteiger partial charge in [0.05, 0.1) is 4.92 Å². The number of hydrogen-bond donors (Lipinski definition) is 0. The first-order valence-electron chi connectivity index (χ1n) is 6.54. The summed E-state index contributed by atoms with van der Waals surface area (Å²) < 4.78 is 0. The van der Waals surface area contributed by atoms with E-state index in [0.29, 0.717) is 5.92 Å². The van der Waals surface area contributed by atoms with Crippen LogP contribution in [0.15, 0.2) is 24.3 Å². The number of alkyl halides is 1. The van der Waals surface area contributed by atoms with E-state index in [1.54, 1.807) is 12.1 Å². The van der Waals surface area contributed by atoms with Crippen molar-refractivity contribution in [1.29, 1.82) is 0 Å². The molecule has 0 aliphatic heterocycles. The maximum absolute atomic E-state index is 10.6. The van der Waals surface area contributed by atoms with Crippen molar-refractivity contribution in [3.8, 4) is 0 Å². The lowest BCUT2D eigenvalue weighted by molar-refractivity contribution is -0.384. The van der Waals surface area contributed by atoms with Crippen molar-refractivity contribution in [3.63, 3.8) is 0 Å². The largest absolute Gasteiger partial charge is 0.269 e. The Balaban J connectivity index is 1.93. The van der Waals surface area contributed by atoms with Crippen LogP contribution in [0.25, 0.3) is 0 Å². The van der Waals surface area contributed by atoms with Crippen LogP contribution in [0.5, 0.6) is 0 Å². The fraction of sp³-hybridized carbons (Fsp3) is 0.571. The average Bonchev–Trinajstić information content (AvgIpc) is 2.40. The highest BCUT2D eigenvalue weighted by Gasteiger charge is 2.22. The maximum atomic E-state index is 10.6. The third kappa shape index (κ3) is 3.45. The first-order chi connectivity index (χ1) is 8.66. The van der Waals surface area contributed by atoms with Gasteiger partial charge in [0.1, 0.15) is 0 Å². The van der Waals surface area contributed by atoms with Crippen LogP contribution >= 0.6 is 11.6 Å². The van der Waals surface area contributed by atoms with Gasteiger partial charge in [-0.1, -0.05) is 31.4 Å². The molecule has 4 heteroatoms. The summed E-state index contributed by atoms with van der Waals surface area (Å²) in [5.41, 5.74) is 1.23. The molecule has 1 aliphatic rings. The van der Waals surface area contributed by atoms with Crippen LogP contribution in [0.4, 0.5) is 5.69 Å². The fourth-order valence-electron chi connectivity index (χ4n) is 2.64. The van der Waals surface area contributed by atoms with Crippen LogP contribution in [0.2, 0.25) is 0 Å². The number of nitrogens with zero attached hydrogens (tertiary/aromatic N) is 1. The third-order valence-electron chi connectivity index (χ3n) is 3.74. The molecule has 3 nitrogen and oxygen atoms in total. The van der Waals surface area contributed by atoms with Gasteiger partial charge in [-0.15, -0.1) is 11.6 Å². The van der Waals surface area contributed by atoms with Crippen LogP contribution in [0.3, 0.4) is 0 Å². The van der Waals surface area contributed by atoms with Gasteiger partial charge in [0.2, 0.25) is 0 Å². The molecule has 0 radical (unpaired) electrons. The zero-order valence-corrected chi connectivity index (χ0v) is 11.1. The van der Waals surface area contributed by atoms with Gasteiger partial charge in [-0.3, -0.25) is 10.1 Å². The van der Waals surface area contributed by atoms with Gasteiger partial charge in [-0.25, -0.2) is 0 Å². The highest BCUT2D eigenvalue weighted by molar-refractivity contribution is 6.20. The predicted octanol–water partition coefficient (Wildman–Crippen LogP) is 4.33. The van der Waals surface area contributed by atoms with Gasteiger partial charge in [0, 0.05) is 17.5 Å². The number of benzene rings is 1. The number of non-ortho nitro benzene ring substituents is 1. The van der Waals surface area contributed by atoms with Crippen LogP contribution < -0.4 is 0 Å². The molecule has 0 N–H and O–H groups in total.